The molecule has 2 rings (SSSR count). The van der Waals surface area contributed by atoms with Crippen molar-refractivity contribution in [1.82, 2.24) is 0 Å². The van der Waals surface area contributed by atoms with Gasteiger partial charge in [-0.05, 0) is 51.9 Å². The maximum atomic E-state index is 11.2. The van der Waals surface area contributed by atoms with Crippen LogP contribution in [0.3, 0.4) is 0 Å². The van der Waals surface area contributed by atoms with Gasteiger partial charge in [0.1, 0.15) is 0 Å². The van der Waals surface area contributed by atoms with Gasteiger partial charge in [0.25, 0.3) is 0 Å². The minimum Gasteiger partial charge on any atom is -0.469 e. The molecule has 7 nitrogen and oxygen atoms in total. The Kier molecular flexibility index (Phi) is 11.0. The molecule has 0 amide bonds. The van der Waals surface area contributed by atoms with Gasteiger partial charge in [-0.1, -0.05) is 19.3 Å². The van der Waals surface area contributed by atoms with E-state index in [4.69, 9.17) is 18.9 Å². The molecule has 1 heterocycles. The lowest BCUT2D eigenvalue weighted by atomic mass is 9.89. The van der Waals surface area contributed by atoms with Crippen molar-refractivity contribution in [2.24, 2.45) is 11.8 Å². The van der Waals surface area contributed by atoms with Crippen molar-refractivity contribution in [1.29, 1.82) is 0 Å². The van der Waals surface area contributed by atoms with E-state index in [1.165, 1.54) is 7.11 Å². The number of rotatable bonds is 13. The van der Waals surface area contributed by atoms with Gasteiger partial charge in [-0.3, -0.25) is 4.79 Å². The lowest BCUT2D eigenvalue weighted by Crippen LogP contribution is -2.37. The summed E-state index contributed by atoms with van der Waals surface area (Å²) in [6, 6.07) is 0. The molecule has 0 aromatic carbocycles. The molecule has 1 saturated carbocycles. The quantitative estimate of drug-likeness (QED) is 0.270. The van der Waals surface area contributed by atoms with Crippen molar-refractivity contribution in [2.75, 3.05) is 27.4 Å². The number of aliphatic hydroxyl groups is 1. The minimum atomic E-state index is -0.669. The number of carbonyl (C=O) groups excluding carboxylic acids is 1. The minimum absolute atomic E-state index is 0.0694. The molecule has 0 radical (unpaired) electrons. The van der Waals surface area contributed by atoms with Gasteiger partial charge >= 0.3 is 5.97 Å². The van der Waals surface area contributed by atoms with Crippen LogP contribution < -0.4 is 0 Å². The third-order valence-corrected chi connectivity index (χ3v) is 6.47. The summed E-state index contributed by atoms with van der Waals surface area (Å²) in [7, 11) is 3.06. The van der Waals surface area contributed by atoms with E-state index in [0.29, 0.717) is 19.4 Å². The zero-order chi connectivity index (χ0) is 22.0. The second-order valence-electron chi connectivity index (χ2n) is 9.05. The average Bonchev–Trinajstić information content (AvgIpc) is 3.03. The first kappa shape index (κ1) is 25.5. The third-order valence-electron chi connectivity index (χ3n) is 6.47. The first-order valence-corrected chi connectivity index (χ1v) is 11.6. The summed E-state index contributed by atoms with van der Waals surface area (Å²) in [4.78, 5) is 11.2. The molecule has 1 aliphatic heterocycles. The fourth-order valence-corrected chi connectivity index (χ4v) is 4.42. The zero-order valence-electron chi connectivity index (χ0n) is 19.3. The van der Waals surface area contributed by atoms with E-state index >= 15 is 0 Å². The van der Waals surface area contributed by atoms with Crippen molar-refractivity contribution in [3.8, 4) is 0 Å². The molecule has 7 heteroatoms. The Morgan fingerprint density at radius 3 is 2.53 bits per heavy atom. The maximum absolute atomic E-state index is 11.2. The highest BCUT2D eigenvalue weighted by Crippen LogP contribution is 2.40. The van der Waals surface area contributed by atoms with Crippen LogP contribution in [0.4, 0.5) is 0 Å². The van der Waals surface area contributed by atoms with Crippen LogP contribution in [0.25, 0.3) is 0 Å². The molecule has 1 N–H and O–H groups in total. The molecular weight excluding hydrogens is 388 g/mol. The molecule has 0 aromatic heterocycles. The van der Waals surface area contributed by atoms with Crippen LogP contribution in [-0.4, -0.2) is 62.8 Å². The van der Waals surface area contributed by atoms with Crippen LogP contribution in [0, 0.1) is 11.8 Å². The van der Waals surface area contributed by atoms with Crippen molar-refractivity contribution < 1.29 is 33.6 Å². The fourth-order valence-electron chi connectivity index (χ4n) is 4.42. The summed E-state index contributed by atoms with van der Waals surface area (Å²) >= 11 is 0. The van der Waals surface area contributed by atoms with Crippen LogP contribution in [0.2, 0.25) is 0 Å². The number of hydrogen-bond acceptors (Lipinski definition) is 7. The Morgan fingerprint density at radius 2 is 1.87 bits per heavy atom. The molecule has 2 fully saturated rings. The highest BCUT2D eigenvalue weighted by molar-refractivity contribution is 5.68. The lowest BCUT2D eigenvalue weighted by molar-refractivity contribution is -0.227. The Hall–Kier alpha value is -0.730. The van der Waals surface area contributed by atoms with Gasteiger partial charge in [-0.15, -0.1) is 0 Å². The van der Waals surface area contributed by atoms with E-state index < -0.39 is 11.9 Å². The molecule has 176 valence electrons. The number of unbranched alkanes of at least 4 members (excludes halogenated alkanes) is 3. The van der Waals surface area contributed by atoms with E-state index in [1.54, 1.807) is 7.11 Å². The van der Waals surface area contributed by atoms with E-state index in [-0.39, 0.29) is 30.2 Å². The third kappa shape index (κ3) is 8.42. The molecule has 30 heavy (non-hydrogen) atoms. The molecule has 1 saturated heterocycles. The lowest BCUT2D eigenvalue weighted by Gasteiger charge is -2.32. The second-order valence-corrected chi connectivity index (χ2v) is 9.05. The second kappa shape index (κ2) is 13.0. The summed E-state index contributed by atoms with van der Waals surface area (Å²) in [6.45, 7) is 5.03. The standard InChI is InChI=1S/C23H42O7/c1-23(2,27-4)29-16-18-17(11-7-5-6-8-12-21(25)26-3)19(24)15-20(18)30-22-13-9-10-14-28-22/h17-20,22,24H,5-16H2,1-4H3/t17-,18-,19+,20-,22-/m1/s1. The Balaban J connectivity index is 1.87. The van der Waals surface area contributed by atoms with Gasteiger partial charge in [0.2, 0.25) is 0 Å². The summed E-state index contributed by atoms with van der Waals surface area (Å²) < 4.78 is 28.2. The van der Waals surface area contributed by atoms with Crippen molar-refractivity contribution >= 4 is 5.97 Å². The Labute approximate surface area is 181 Å². The van der Waals surface area contributed by atoms with E-state index in [2.05, 4.69) is 4.74 Å². The monoisotopic (exact) mass is 430 g/mol. The van der Waals surface area contributed by atoms with E-state index in [0.717, 1.165) is 58.0 Å². The summed E-state index contributed by atoms with van der Waals surface area (Å²) in [5.74, 6) is -0.580. The molecule has 2 aliphatic rings. The first-order chi connectivity index (χ1) is 14.4. The van der Waals surface area contributed by atoms with Crippen LogP contribution in [-0.2, 0) is 28.5 Å². The number of hydrogen-bond donors (Lipinski definition) is 1. The maximum Gasteiger partial charge on any atom is 0.305 e. The van der Waals surface area contributed by atoms with Crippen LogP contribution in [0.5, 0.6) is 0 Å². The molecule has 0 spiro atoms. The smallest absolute Gasteiger partial charge is 0.305 e. The van der Waals surface area contributed by atoms with Crippen LogP contribution >= 0.6 is 0 Å². The normalized spacial score (nSPS) is 29.8. The predicted molar refractivity (Wildman–Crippen MR) is 113 cm³/mol. The van der Waals surface area contributed by atoms with E-state index in [9.17, 15) is 9.90 Å². The first-order valence-electron chi connectivity index (χ1n) is 11.6. The fraction of sp³-hybridized carbons (Fsp3) is 0.957. The van der Waals surface area contributed by atoms with Crippen molar-refractivity contribution in [3.05, 3.63) is 0 Å². The number of ether oxygens (including phenoxy) is 5. The molecular formula is C23H42O7. The molecule has 0 bridgehead atoms. The van der Waals surface area contributed by atoms with Gasteiger partial charge in [-0.25, -0.2) is 0 Å². The summed E-state index contributed by atoms with van der Waals surface area (Å²) in [6.07, 6.45) is 8.38. The topological polar surface area (TPSA) is 83.5 Å². The summed E-state index contributed by atoms with van der Waals surface area (Å²) in [5, 5.41) is 10.8. The van der Waals surface area contributed by atoms with Crippen molar-refractivity contribution in [2.45, 2.75) is 102 Å². The molecule has 1 aliphatic carbocycles. The van der Waals surface area contributed by atoms with E-state index in [1.807, 2.05) is 13.8 Å². The Bertz CT molecular complexity index is 490. The SMILES string of the molecule is COC(=O)CCCCCC[C@@H]1[C@@H](COC(C)(C)OC)[C@H](O[C@@H]2CCCCO2)C[C@@H]1O. The van der Waals surface area contributed by atoms with Crippen LogP contribution in [0.1, 0.15) is 78.1 Å². The zero-order valence-corrected chi connectivity index (χ0v) is 19.3. The Morgan fingerprint density at radius 1 is 1.10 bits per heavy atom. The van der Waals surface area contributed by atoms with Gasteiger partial charge in [0, 0.05) is 32.5 Å². The largest absolute Gasteiger partial charge is 0.469 e. The highest BCUT2D eigenvalue weighted by atomic mass is 16.7. The molecule has 0 aromatic rings. The predicted octanol–water partition coefficient (Wildman–Crippen LogP) is 3.81. The van der Waals surface area contributed by atoms with Gasteiger partial charge in [-0.2, -0.15) is 0 Å². The average molecular weight is 431 g/mol. The van der Waals surface area contributed by atoms with Gasteiger partial charge in [0.05, 0.1) is 25.9 Å². The van der Waals surface area contributed by atoms with Gasteiger partial charge < -0.3 is 28.8 Å². The highest BCUT2D eigenvalue weighted by Gasteiger charge is 2.44. The number of carbonyl (C=O) groups is 1. The summed E-state index contributed by atoms with van der Waals surface area (Å²) in [5.41, 5.74) is 0. The number of esters is 1. The number of methoxy groups -OCH3 is 2. The number of aliphatic hydroxyl groups excluding tert-OH is 1. The molecule has 0 unspecified atom stereocenters. The van der Waals surface area contributed by atoms with Gasteiger partial charge in [0.15, 0.2) is 12.1 Å². The molecule has 5 atom stereocenters. The van der Waals surface area contributed by atoms with Crippen LogP contribution in [0.15, 0.2) is 0 Å². The van der Waals surface area contributed by atoms with Crippen molar-refractivity contribution in [3.63, 3.8) is 0 Å².